The van der Waals surface area contributed by atoms with E-state index in [0.29, 0.717) is 5.92 Å². The average Bonchev–Trinajstić information content (AvgIpc) is 2.76. The van der Waals surface area contributed by atoms with E-state index in [2.05, 4.69) is 11.1 Å². The van der Waals surface area contributed by atoms with Crippen LogP contribution in [0.15, 0.2) is 35.7 Å². The molecular formula is C19H27BFNO2. The summed E-state index contributed by atoms with van der Waals surface area (Å²) in [6.45, 7) is 7.81. The maximum absolute atomic E-state index is 14.9. The molecule has 1 saturated carbocycles. The van der Waals surface area contributed by atoms with Gasteiger partial charge in [-0.1, -0.05) is 6.07 Å². The van der Waals surface area contributed by atoms with Crippen LogP contribution in [0.5, 0.6) is 0 Å². The molecule has 0 atom stereocenters. The van der Waals surface area contributed by atoms with Crippen LogP contribution in [0.1, 0.15) is 59.1 Å². The van der Waals surface area contributed by atoms with Crippen molar-refractivity contribution in [3.8, 4) is 0 Å². The predicted molar refractivity (Wildman–Crippen MR) is 94.1 cm³/mol. The van der Waals surface area contributed by atoms with E-state index in [1.807, 2.05) is 46.0 Å². The summed E-state index contributed by atoms with van der Waals surface area (Å²) in [5.74, 6) is 0.578. The minimum Gasteiger partial charge on any atom is -0.398 e. The molecule has 3 nitrogen and oxygen atoms in total. The zero-order chi connectivity index (χ0) is 17.4. The molecule has 130 valence electrons. The molecule has 5 heteroatoms. The Balaban J connectivity index is 1.60. The minimum absolute atomic E-state index is 0.204. The number of pyridine rings is 1. The van der Waals surface area contributed by atoms with Crippen LogP contribution in [-0.4, -0.2) is 23.3 Å². The molecule has 0 amide bonds. The van der Waals surface area contributed by atoms with E-state index in [0.717, 1.165) is 43.4 Å². The summed E-state index contributed by atoms with van der Waals surface area (Å²) < 4.78 is 26.5. The van der Waals surface area contributed by atoms with Crippen molar-refractivity contribution in [3.63, 3.8) is 0 Å². The Morgan fingerprint density at radius 3 is 2.33 bits per heavy atom. The third-order valence-corrected chi connectivity index (χ3v) is 5.73. The van der Waals surface area contributed by atoms with Gasteiger partial charge in [0.1, 0.15) is 5.73 Å². The van der Waals surface area contributed by atoms with Crippen molar-refractivity contribution in [3.05, 3.63) is 41.4 Å². The lowest BCUT2D eigenvalue weighted by atomic mass is 9.76. The molecule has 1 aliphatic carbocycles. The van der Waals surface area contributed by atoms with Gasteiger partial charge in [-0.3, -0.25) is 4.98 Å². The van der Waals surface area contributed by atoms with Crippen LogP contribution in [0.4, 0.5) is 4.39 Å². The Labute approximate surface area is 144 Å². The molecule has 1 aromatic heterocycles. The zero-order valence-electron chi connectivity index (χ0n) is 15.1. The van der Waals surface area contributed by atoms with Crippen LogP contribution < -0.4 is 0 Å². The number of allylic oxidation sites excluding steroid dienone is 1. The second-order valence-electron chi connectivity index (χ2n) is 8.01. The summed E-state index contributed by atoms with van der Waals surface area (Å²) >= 11 is 0. The summed E-state index contributed by atoms with van der Waals surface area (Å²) in [5, 5.41) is 0. The molecule has 2 fully saturated rings. The van der Waals surface area contributed by atoms with Gasteiger partial charge in [0.05, 0.1) is 11.2 Å². The Morgan fingerprint density at radius 2 is 1.79 bits per heavy atom. The highest BCUT2D eigenvalue weighted by atomic mass is 19.1. The van der Waals surface area contributed by atoms with E-state index in [1.54, 1.807) is 0 Å². The van der Waals surface area contributed by atoms with Crippen LogP contribution in [0.2, 0.25) is 0 Å². The minimum atomic E-state index is -0.850. The van der Waals surface area contributed by atoms with Crippen molar-refractivity contribution < 1.29 is 13.7 Å². The van der Waals surface area contributed by atoms with Gasteiger partial charge in [-0.2, -0.15) is 0 Å². The largest absolute Gasteiger partial charge is 0.525 e. The van der Waals surface area contributed by atoms with E-state index < -0.39 is 18.3 Å². The zero-order valence-corrected chi connectivity index (χ0v) is 15.1. The van der Waals surface area contributed by atoms with Crippen molar-refractivity contribution >= 4 is 7.12 Å². The Bertz CT molecular complexity index is 589. The second-order valence-corrected chi connectivity index (χ2v) is 8.01. The van der Waals surface area contributed by atoms with Crippen molar-refractivity contribution in [2.24, 2.45) is 5.92 Å². The summed E-state index contributed by atoms with van der Waals surface area (Å²) in [6, 6.07) is 6.02. The first kappa shape index (κ1) is 17.6. The molecule has 1 aliphatic heterocycles. The fraction of sp³-hybridized carbons (Fsp3) is 0.632. The molecule has 0 radical (unpaired) electrons. The maximum Gasteiger partial charge on any atom is 0.525 e. The highest BCUT2D eigenvalue weighted by molar-refractivity contribution is 6.53. The SMILES string of the molecule is CC1(C)OB(C(F)=C2CCC(Cc3ccccn3)CC2)OC1(C)C. The van der Waals surface area contributed by atoms with E-state index in [4.69, 9.17) is 9.31 Å². The van der Waals surface area contributed by atoms with E-state index in [1.165, 1.54) is 0 Å². The highest BCUT2D eigenvalue weighted by Crippen LogP contribution is 2.41. The first-order valence-corrected chi connectivity index (χ1v) is 8.91. The van der Waals surface area contributed by atoms with Gasteiger partial charge in [-0.25, -0.2) is 4.39 Å². The standard InChI is InChI=1S/C19H27BFNO2/c1-18(2)19(3,4)24-20(23-18)17(21)15-10-8-14(9-11-15)13-16-7-5-6-12-22-16/h5-7,12,14H,8-11,13H2,1-4H3. The molecular weight excluding hydrogens is 304 g/mol. The normalized spacial score (nSPS) is 25.8. The van der Waals surface area contributed by atoms with Crippen LogP contribution in [0.25, 0.3) is 0 Å². The van der Waals surface area contributed by atoms with Gasteiger partial charge in [0, 0.05) is 11.9 Å². The molecule has 0 unspecified atom stereocenters. The Morgan fingerprint density at radius 1 is 1.17 bits per heavy atom. The summed E-state index contributed by atoms with van der Waals surface area (Å²) in [6.07, 6.45) is 6.38. The third-order valence-electron chi connectivity index (χ3n) is 5.73. The lowest BCUT2D eigenvalue weighted by Gasteiger charge is -2.32. The van der Waals surface area contributed by atoms with Gasteiger partial charge in [0.25, 0.3) is 0 Å². The molecule has 0 bridgehead atoms. The topological polar surface area (TPSA) is 31.4 Å². The van der Waals surface area contributed by atoms with Crippen LogP contribution in [0.3, 0.4) is 0 Å². The van der Waals surface area contributed by atoms with Gasteiger partial charge in [0.2, 0.25) is 0 Å². The van der Waals surface area contributed by atoms with Crippen molar-refractivity contribution in [1.82, 2.24) is 4.98 Å². The molecule has 24 heavy (non-hydrogen) atoms. The number of halogens is 1. The molecule has 2 heterocycles. The smallest absolute Gasteiger partial charge is 0.398 e. The first-order valence-electron chi connectivity index (χ1n) is 8.91. The Kier molecular flexibility index (Phi) is 4.85. The molecule has 1 aromatic rings. The first-order chi connectivity index (χ1) is 11.3. The van der Waals surface area contributed by atoms with Gasteiger partial charge in [-0.15, -0.1) is 0 Å². The number of hydrogen-bond acceptors (Lipinski definition) is 3. The predicted octanol–water partition coefficient (Wildman–Crippen LogP) is 4.67. The van der Waals surface area contributed by atoms with Crippen molar-refractivity contribution in [2.45, 2.75) is 71.0 Å². The molecule has 0 spiro atoms. The third kappa shape index (κ3) is 3.57. The Hall–Kier alpha value is -1.20. The van der Waals surface area contributed by atoms with E-state index >= 15 is 0 Å². The summed E-state index contributed by atoms with van der Waals surface area (Å²) in [5.41, 5.74) is 0.800. The second kappa shape index (κ2) is 6.60. The quantitative estimate of drug-likeness (QED) is 0.754. The molecule has 2 aliphatic rings. The van der Waals surface area contributed by atoms with Crippen molar-refractivity contribution in [1.29, 1.82) is 0 Å². The number of nitrogens with zero attached hydrogens (tertiary/aromatic N) is 1. The molecule has 0 N–H and O–H groups in total. The van der Waals surface area contributed by atoms with Gasteiger partial charge in [-0.05, 0) is 83.4 Å². The molecule has 1 saturated heterocycles. The molecule has 0 aromatic carbocycles. The van der Waals surface area contributed by atoms with Crippen LogP contribution >= 0.6 is 0 Å². The van der Waals surface area contributed by atoms with Crippen LogP contribution in [-0.2, 0) is 15.7 Å². The summed E-state index contributed by atoms with van der Waals surface area (Å²) in [4.78, 5) is 4.40. The van der Waals surface area contributed by atoms with Gasteiger partial charge >= 0.3 is 7.12 Å². The molecule has 3 rings (SSSR count). The summed E-state index contributed by atoms with van der Waals surface area (Å²) in [7, 11) is -0.850. The fourth-order valence-corrected chi connectivity index (χ4v) is 3.40. The van der Waals surface area contributed by atoms with Crippen molar-refractivity contribution in [2.75, 3.05) is 0 Å². The highest BCUT2D eigenvalue weighted by Gasteiger charge is 2.53. The maximum atomic E-state index is 14.9. The van der Waals surface area contributed by atoms with Gasteiger partial charge in [0.15, 0.2) is 0 Å². The lowest BCUT2D eigenvalue weighted by molar-refractivity contribution is 0.00578. The van der Waals surface area contributed by atoms with E-state index in [9.17, 15) is 4.39 Å². The number of hydrogen-bond donors (Lipinski definition) is 0. The number of aromatic nitrogens is 1. The fourth-order valence-electron chi connectivity index (χ4n) is 3.40. The van der Waals surface area contributed by atoms with Gasteiger partial charge < -0.3 is 9.31 Å². The lowest BCUT2D eigenvalue weighted by Crippen LogP contribution is -2.41. The van der Waals surface area contributed by atoms with Crippen LogP contribution in [0, 0.1) is 5.92 Å². The average molecular weight is 331 g/mol. The van der Waals surface area contributed by atoms with E-state index in [-0.39, 0.29) is 5.73 Å². The number of rotatable bonds is 3. The monoisotopic (exact) mass is 331 g/mol.